The van der Waals surface area contributed by atoms with Gasteiger partial charge in [-0.25, -0.2) is 4.90 Å². The largest absolute Gasteiger partial charge is 0.365 e. The standard InChI is InChI=1S/C14H10BrNO3/c15-7-2-1-3-8(6-7)16-13(17)11-9-4-5-10(19-9)12(11)14(16)18/h1-6,9-12H/t9-,10-,11-,12-/m1/s1. The van der Waals surface area contributed by atoms with E-state index < -0.39 is 0 Å². The van der Waals surface area contributed by atoms with Gasteiger partial charge in [-0.2, -0.15) is 0 Å². The van der Waals surface area contributed by atoms with E-state index in [0.29, 0.717) is 5.69 Å². The second-order valence-corrected chi connectivity index (χ2v) is 5.91. The lowest BCUT2D eigenvalue weighted by molar-refractivity contribution is -0.124. The van der Waals surface area contributed by atoms with E-state index in [9.17, 15) is 9.59 Å². The Balaban J connectivity index is 1.77. The summed E-state index contributed by atoms with van der Waals surface area (Å²) < 4.78 is 6.45. The molecule has 0 spiro atoms. The summed E-state index contributed by atoms with van der Waals surface area (Å²) in [6.07, 6.45) is 3.32. The van der Waals surface area contributed by atoms with Crippen LogP contribution in [0.4, 0.5) is 5.69 Å². The minimum Gasteiger partial charge on any atom is -0.365 e. The summed E-state index contributed by atoms with van der Waals surface area (Å²) >= 11 is 3.36. The number of ether oxygens (including phenoxy) is 1. The molecule has 0 saturated carbocycles. The lowest BCUT2D eigenvalue weighted by Gasteiger charge is -2.17. The van der Waals surface area contributed by atoms with Crippen LogP contribution in [-0.4, -0.2) is 24.0 Å². The monoisotopic (exact) mass is 319 g/mol. The molecule has 1 aromatic rings. The summed E-state index contributed by atoms with van der Waals surface area (Å²) in [4.78, 5) is 26.3. The molecule has 0 N–H and O–H groups in total. The molecule has 96 valence electrons. The molecule has 3 heterocycles. The first-order valence-electron chi connectivity index (χ1n) is 6.14. The molecule has 5 heteroatoms. The van der Waals surface area contributed by atoms with Gasteiger partial charge >= 0.3 is 0 Å². The van der Waals surface area contributed by atoms with Crippen molar-refractivity contribution in [2.75, 3.05) is 4.90 Å². The SMILES string of the molecule is O=C1[C@H]2[C@H](C(=O)N1c1cccc(Br)c1)[C@H]1C=C[C@H]2O1. The molecule has 2 amide bonds. The number of amides is 2. The van der Waals surface area contributed by atoms with Crippen molar-refractivity contribution >= 4 is 33.4 Å². The molecular weight excluding hydrogens is 310 g/mol. The van der Waals surface area contributed by atoms with Gasteiger partial charge in [-0.3, -0.25) is 9.59 Å². The molecule has 0 unspecified atom stereocenters. The fourth-order valence-corrected chi connectivity index (χ4v) is 3.56. The molecule has 0 aromatic heterocycles. The van der Waals surface area contributed by atoms with Crippen molar-refractivity contribution in [3.05, 3.63) is 40.9 Å². The molecule has 3 aliphatic rings. The van der Waals surface area contributed by atoms with E-state index in [4.69, 9.17) is 4.74 Å². The lowest BCUT2D eigenvalue weighted by Crippen LogP contribution is -2.34. The van der Waals surface area contributed by atoms with Crippen molar-refractivity contribution in [3.63, 3.8) is 0 Å². The van der Waals surface area contributed by atoms with Gasteiger partial charge in [-0.15, -0.1) is 0 Å². The average molecular weight is 320 g/mol. The highest BCUT2D eigenvalue weighted by Gasteiger charge is 2.60. The number of rotatable bonds is 1. The number of halogens is 1. The number of fused-ring (bicyclic) bond motifs is 5. The first-order chi connectivity index (χ1) is 9.16. The fraction of sp³-hybridized carbons (Fsp3) is 0.286. The number of imide groups is 1. The summed E-state index contributed by atoms with van der Waals surface area (Å²) in [5.74, 6) is -0.988. The molecule has 19 heavy (non-hydrogen) atoms. The Morgan fingerprint density at radius 3 is 2.26 bits per heavy atom. The fourth-order valence-electron chi connectivity index (χ4n) is 3.17. The topological polar surface area (TPSA) is 46.6 Å². The Morgan fingerprint density at radius 1 is 1.05 bits per heavy atom. The van der Waals surface area contributed by atoms with E-state index >= 15 is 0 Å². The predicted octanol–water partition coefficient (Wildman–Crippen LogP) is 1.89. The van der Waals surface area contributed by atoms with Crippen molar-refractivity contribution in [1.29, 1.82) is 0 Å². The normalized spacial score (nSPS) is 35.3. The van der Waals surface area contributed by atoms with Gasteiger partial charge in [0.2, 0.25) is 11.8 Å². The van der Waals surface area contributed by atoms with Gasteiger partial charge in [0.05, 0.1) is 29.7 Å². The molecule has 2 bridgehead atoms. The van der Waals surface area contributed by atoms with Gasteiger partial charge in [0.25, 0.3) is 0 Å². The van der Waals surface area contributed by atoms with Crippen LogP contribution in [-0.2, 0) is 14.3 Å². The molecule has 4 atom stereocenters. The van der Waals surface area contributed by atoms with Crippen LogP contribution in [0.15, 0.2) is 40.9 Å². The van der Waals surface area contributed by atoms with E-state index in [0.717, 1.165) is 4.47 Å². The van der Waals surface area contributed by atoms with Gasteiger partial charge in [0.1, 0.15) is 0 Å². The minimum atomic E-state index is -0.346. The van der Waals surface area contributed by atoms with Crippen LogP contribution in [0.5, 0.6) is 0 Å². The number of nitrogens with zero attached hydrogens (tertiary/aromatic N) is 1. The summed E-state index contributed by atoms with van der Waals surface area (Å²) in [6, 6.07) is 7.24. The van der Waals surface area contributed by atoms with Gasteiger partial charge in [-0.05, 0) is 18.2 Å². The molecule has 2 saturated heterocycles. The van der Waals surface area contributed by atoms with Crippen LogP contribution < -0.4 is 4.90 Å². The van der Waals surface area contributed by atoms with Crippen LogP contribution in [0.1, 0.15) is 0 Å². The van der Waals surface area contributed by atoms with Crippen LogP contribution in [0.2, 0.25) is 0 Å². The Labute approximate surface area is 118 Å². The first-order valence-corrected chi connectivity index (χ1v) is 6.93. The third kappa shape index (κ3) is 1.42. The van der Waals surface area contributed by atoms with E-state index in [2.05, 4.69) is 15.9 Å². The molecule has 2 fully saturated rings. The molecule has 4 nitrogen and oxygen atoms in total. The van der Waals surface area contributed by atoms with Crippen LogP contribution in [0.25, 0.3) is 0 Å². The third-order valence-electron chi connectivity index (χ3n) is 3.98. The molecule has 0 aliphatic carbocycles. The smallest absolute Gasteiger partial charge is 0.240 e. The highest BCUT2D eigenvalue weighted by Crippen LogP contribution is 2.46. The van der Waals surface area contributed by atoms with Crippen molar-refractivity contribution < 1.29 is 14.3 Å². The highest BCUT2D eigenvalue weighted by atomic mass is 79.9. The molecular formula is C14H10BrNO3. The van der Waals surface area contributed by atoms with E-state index in [1.165, 1.54) is 4.90 Å². The third-order valence-corrected chi connectivity index (χ3v) is 4.47. The second kappa shape index (κ2) is 3.77. The van der Waals surface area contributed by atoms with E-state index in [1.807, 2.05) is 24.3 Å². The van der Waals surface area contributed by atoms with Gasteiger partial charge in [-0.1, -0.05) is 34.1 Å². The first kappa shape index (κ1) is 11.4. The summed E-state index contributed by atoms with van der Waals surface area (Å²) in [5, 5.41) is 0. The Hall–Kier alpha value is -1.46. The number of carbonyl (C=O) groups is 2. The Kier molecular flexibility index (Phi) is 2.26. The maximum atomic E-state index is 12.5. The second-order valence-electron chi connectivity index (χ2n) is 4.99. The lowest BCUT2D eigenvalue weighted by atomic mass is 9.85. The van der Waals surface area contributed by atoms with Gasteiger partial charge in [0, 0.05) is 4.47 Å². The molecule has 1 aromatic carbocycles. The van der Waals surface area contributed by atoms with Crippen molar-refractivity contribution in [1.82, 2.24) is 0 Å². The quantitative estimate of drug-likeness (QED) is 0.586. The zero-order valence-electron chi connectivity index (χ0n) is 9.82. The minimum absolute atomic E-state index is 0.148. The van der Waals surface area contributed by atoms with Gasteiger partial charge in [0.15, 0.2) is 0 Å². The van der Waals surface area contributed by atoms with Crippen molar-refractivity contribution in [2.45, 2.75) is 12.2 Å². The van der Waals surface area contributed by atoms with Crippen molar-refractivity contribution in [3.8, 4) is 0 Å². The van der Waals surface area contributed by atoms with Crippen LogP contribution in [0, 0.1) is 11.8 Å². The van der Waals surface area contributed by atoms with E-state index in [-0.39, 0.29) is 35.9 Å². The highest BCUT2D eigenvalue weighted by molar-refractivity contribution is 9.10. The van der Waals surface area contributed by atoms with Crippen LogP contribution in [0.3, 0.4) is 0 Å². The molecule has 3 aliphatic heterocycles. The average Bonchev–Trinajstić information content (AvgIpc) is 3.04. The number of hydrogen-bond acceptors (Lipinski definition) is 3. The number of anilines is 1. The number of hydrogen-bond donors (Lipinski definition) is 0. The summed E-state index contributed by atoms with van der Waals surface area (Å²) in [7, 11) is 0. The zero-order chi connectivity index (χ0) is 13.1. The summed E-state index contributed by atoms with van der Waals surface area (Å²) in [6.45, 7) is 0. The maximum absolute atomic E-state index is 12.5. The molecule has 0 radical (unpaired) electrons. The van der Waals surface area contributed by atoms with Crippen molar-refractivity contribution in [2.24, 2.45) is 11.8 Å². The molecule has 4 rings (SSSR count). The summed E-state index contributed by atoms with van der Waals surface area (Å²) in [5.41, 5.74) is 0.623. The zero-order valence-corrected chi connectivity index (χ0v) is 11.4. The number of carbonyl (C=O) groups excluding carboxylic acids is 2. The maximum Gasteiger partial charge on any atom is 0.240 e. The van der Waals surface area contributed by atoms with Gasteiger partial charge < -0.3 is 4.74 Å². The predicted molar refractivity (Wildman–Crippen MR) is 71.4 cm³/mol. The Morgan fingerprint density at radius 2 is 1.68 bits per heavy atom. The van der Waals surface area contributed by atoms with Crippen LogP contribution >= 0.6 is 15.9 Å². The van der Waals surface area contributed by atoms with E-state index in [1.54, 1.807) is 12.1 Å². The number of benzene rings is 1. The Bertz CT molecular complexity index is 597.